The minimum Gasteiger partial charge on any atom is -0.282 e. The van der Waals surface area contributed by atoms with Gasteiger partial charge in [0.25, 0.3) is 0 Å². The standard InChI is InChI=1S/C13H13F3N2/c1-3-9-6-4-5-7-10(9)11-8(2)17-18-12(11)13(14,15)16/h4-7H,3H2,1-2H3,(H,17,18). The molecular formula is C13H13F3N2. The van der Waals surface area contributed by atoms with Gasteiger partial charge in [-0.1, -0.05) is 31.2 Å². The topological polar surface area (TPSA) is 28.7 Å². The van der Waals surface area contributed by atoms with E-state index in [-0.39, 0.29) is 5.56 Å². The fourth-order valence-electron chi connectivity index (χ4n) is 2.04. The number of aromatic amines is 1. The summed E-state index contributed by atoms with van der Waals surface area (Å²) in [6.45, 7) is 3.52. The van der Waals surface area contributed by atoms with Gasteiger partial charge in [-0.2, -0.15) is 18.3 Å². The van der Waals surface area contributed by atoms with Gasteiger partial charge in [0.05, 0.1) is 0 Å². The van der Waals surface area contributed by atoms with Crippen LogP contribution >= 0.6 is 0 Å². The minimum absolute atomic E-state index is 0.153. The third-order valence-corrected chi connectivity index (χ3v) is 2.88. The molecule has 1 aromatic heterocycles. The number of aryl methyl sites for hydroxylation is 2. The van der Waals surface area contributed by atoms with E-state index >= 15 is 0 Å². The van der Waals surface area contributed by atoms with Gasteiger partial charge < -0.3 is 0 Å². The zero-order chi connectivity index (χ0) is 13.3. The Labute approximate surface area is 103 Å². The summed E-state index contributed by atoms with van der Waals surface area (Å²) in [5, 5.41) is 5.81. The van der Waals surface area contributed by atoms with Crippen molar-refractivity contribution in [2.75, 3.05) is 0 Å². The smallest absolute Gasteiger partial charge is 0.282 e. The molecule has 0 atom stereocenters. The molecule has 18 heavy (non-hydrogen) atoms. The van der Waals surface area contributed by atoms with Gasteiger partial charge in [0.2, 0.25) is 0 Å². The van der Waals surface area contributed by atoms with Crippen LogP contribution in [0.5, 0.6) is 0 Å². The number of alkyl halides is 3. The van der Waals surface area contributed by atoms with Crippen LogP contribution in [0.4, 0.5) is 13.2 Å². The first-order valence-corrected chi connectivity index (χ1v) is 5.65. The highest BCUT2D eigenvalue weighted by Crippen LogP contribution is 2.38. The molecule has 2 nitrogen and oxygen atoms in total. The van der Waals surface area contributed by atoms with Crippen molar-refractivity contribution >= 4 is 0 Å². The van der Waals surface area contributed by atoms with Gasteiger partial charge in [-0.05, 0) is 24.5 Å². The molecule has 0 aliphatic heterocycles. The highest BCUT2D eigenvalue weighted by atomic mass is 19.4. The van der Waals surface area contributed by atoms with E-state index in [1.165, 1.54) is 0 Å². The van der Waals surface area contributed by atoms with Crippen LogP contribution in [-0.2, 0) is 12.6 Å². The molecular weight excluding hydrogens is 241 g/mol. The Morgan fingerprint density at radius 1 is 1.22 bits per heavy atom. The van der Waals surface area contributed by atoms with Crippen LogP contribution in [0, 0.1) is 6.92 Å². The third kappa shape index (κ3) is 2.12. The number of aromatic nitrogens is 2. The predicted octanol–water partition coefficient (Wildman–Crippen LogP) is 3.97. The summed E-state index contributed by atoms with van der Waals surface area (Å²) in [5.74, 6) is 0. The molecule has 2 aromatic rings. The van der Waals surface area contributed by atoms with E-state index < -0.39 is 11.9 Å². The molecule has 1 heterocycles. The molecule has 1 N–H and O–H groups in total. The molecule has 5 heteroatoms. The highest BCUT2D eigenvalue weighted by Gasteiger charge is 2.38. The average Bonchev–Trinajstić information content (AvgIpc) is 2.70. The van der Waals surface area contributed by atoms with Gasteiger partial charge in [-0.15, -0.1) is 0 Å². The van der Waals surface area contributed by atoms with E-state index in [9.17, 15) is 13.2 Å². The molecule has 96 valence electrons. The largest absolute Gasteiger partial charge is 0.435 e. The number of nitrogens with zero attached hydrogens (tertiary/aromatic N) is 1. The van der Waals surface area contributed by atoms with Crippen molar-refractivity contribution in [3.8, 4) is 11.1 Å². The second-order valence-electron chi connectivity index (χ2n) is 4.08. The molecule has 0 saturated heterocycles. The lowest BCUT2D eigenvalue weighted by Crippen LogP contribution is -2.08. The first-order chi connectivity index (χ1) is 8.45. The van der Waals surface area contributed by atoms with Crippen LogP contribution in [0.1, 0.15) is 23.9 Å². The normalized spacial score (nSPS) is 11.8. The minimum atomic E-state index is -4.44. The van der Waals surface area contributed by atoms with Crippen molar-refractivity contribution in [2.45, 2.75) is 26.4 Å². The van der Waals surface area contributed by atoms with E-state index in [1.54, 1.807) is 19.1 Å². The Morgan fingerprint density at radius 3 is 2.50 bits per heavy atom. The maximum absolute atomic E-state index is 12.9. The lowest BCUT2D eigenvalue weighted by atomic mass is 9.96. The van der Waals surface area contributed by atoms with Crippen LogP contribution < -0.4 is 0 Å². The fourth-order valence-corrected chi connectivity index (χ4v) is 2.04. The van der Waals surface area contributed by atoms with Gasteiger partial charge in [0, 0.05) is 11.3 Å². The van der Waals surface area contributed by atoms with Gasteiger partial charge >= 0.3 is 6.18 Å². The van der Waals surface area contributed by atoms with Crippen molar-refractivity contribution in [1.82, 2.24) is 10.2 Å². The van der Waals surface area contributed by atoms with Crippen LogP contribution in [0.25, 0.3) is 11.1 Å². The number of benzene rings is 1. The number of halogens is 3. The number of H-pyrrole nitrogens is 1. The third-order valence-electron chi connectivity index (χ3n) is 2.88. The molecule has 1 aromatic carbocycles. The Hall–Kier alpha value is -1.78. The quantitative estimate of drug-likeness (QED) is 0.863. The molecule has 0 unspecified atom stereocenters. The summed E-state index contributed by atoms with van der Waals surface area (Å²) in [6, 6.07) is 7.10. The molecule has 0 aliphatic carbocycles. The van der Waals surface area contributed by atoms with E-state index in [0.29, 0.717) is 17.7 Å². The molecule has 0 radical (unpaired) electrons. The van der Waals surface area contributed by atoms with Crippen LogP contribution in [0.3, 0.4) is 0 Å². The monoisotopic (exact) mass is 254 g/mol. The second-order valence-corrected chi connectivity index (χ2v) is 4.08. The maximum Gasteiger partial charge on any atom is 0.435 e. The van der Waals surface area contributed by atoms with Gasteiger partial charge in [0.1, 0.15) is 0 Å². The predicted molar refractivity (Wildman–Crippen MR) is 63.1 cm³/mol. The summed E-state index contributed by atoms with van der Waals surface area (Å²) in [4.78, 5) is 0. The summed E-state index contributed by atoms with van der Waals surface area (Å²) in [6.07, 6.45) is -3.76. The zero-order valence-corrected chi connectivity index (χ0v) is 10.1. The number of hydrogen-bond donors (Lipinski definition) is 1. The first-order valence-electron chi connectivity index (χ1n) is 5.65. The fraction of sp³-hybridized carbons (Fsp3) is 0.308. The van der Waals surface area contributed by atoms with Crippen molar-refractivity contribution in [3.63, 3.8) is 0 Å². The highest BCUT2D eigenvalue weighted by molar-refractivity contribution is 5.72. The lowest BCUT2D eigenvalue weighted by molar-refractivity contribution is -0.140. The summed E-state index contributed by atoms with van der Waals surface area (Å²) < 4.78 is 38.7. The zero-order valence-electron chi connectivity index (χ0n) is 10.1. The molecule has 0 aliphatic rings. The van der Waals surface area contributed by atoms with Crippen molar-refractivity contribution in [2.24, 2.45) is 0 Å². The Kier molecular flexibility index (Phi) is 3.15. The summed E-state index contributed by atoms with van der Waals surface area (Å²) >= 11 is 0. The van der Waals surface area contributed by atoms with Crippen LogP contribution in [0.2, 0.25) is 0 Å². The lowest BCUT2D eigenvalue weighted by Gasteiger charge is -2.10. The number of hydrogen-bond acceptors (Lipinski definition) is 1. The SMILES string of the molecule is CCc1ccccc1-c1c(C(F)(F)F)n[nH]c1C. The molecule has 0 bridgehead atoms. The molecule has 0 fully saturated rings. The van der Waals surface area contributed by atoms with Crippen molar-refractivity contribution in [1.29, 1.82) is 0 Å². The number of rotatable bonds is 2. The van der Waals surface area contributed by atoms with Crippen LogP contribution in [-0.4, -0.2) is 10.2 Å². The van der Waals surface area contributed by atoms with E-state index in [1.807, 2.05) is 19.1 Å². The molecule has 0 saturated carbocycles. The van der Waals surface area contributed by atoms with Gasteiger partial charge in [-0.3, -0.25) is 5.10 Å². The first kappa shape index (κ1) is 12.7. The van der Waals surface area contributed by atoms with Gasteiger partial charge in [-0.25, -0.2) is 0 Å². The second kappa shape index (κ2) is 4.48. The van der Waals surface area contributed by atoms with Crippen LogP contribution in [0.15, 0.2) is 24.3 Å². The van der Waals surface area contributed by atoms with Crippen molar-refractivity contribution in [3.05, 3.63) is 41.2 Å². The molecule has 2 rings (SSSR count). The average molecular weight is 254 g/mol. The summed E-state index contributed by atoms with van der Waals surface area (Å²) in [7, 11) is 0. The van der Waals surface area contributed by atoms with E-state index in [4.69, 9.17) is 0 Å². The van der Waals surface area contributed by atoms with E-state index in [2.05, 4.69) is 10.2 Å². The number of nitrogens with one attached hydrogen (secondary N) is 1. The van der Waals surface area contributed by atoms with Gasteiger partial charge in [0.15, 0.2) is 5.69 Å². The van der Waals surface area contributed by atoms with Crippen molar-refractivity contribution < 1.29 is 13.2 Å². The Morgan fingerprint density at radius 2 is 1.89 bits per heavy atom. The Bertz CT molecular complexity index is 556. The van der Waals surface area contributed by atoms with E-state index in [0.717, 1.165) is 5.56 Å². The maximum atomic E-state index is 12.9. The molecule has 0 spiro atoms. The molecule has 0 amide bonds. The Balaban J connectivity index is 2.67. The summed E-state index contributed by atoms with van der Waals surface area (Å²) in [5.41, 5.74) is 1.22.